The summed E-state index contributed by atoms with van der Waals surface area (Å²) in [6, 6.07) is 5.68. The minimum absolute atomic E-state index is 0.0276. The molecule has 3 heterocycles. The molecule has 20 heteroatoms. The second-order valence-corrected chi connectivity index (χ2v) is 28.0. The Morgan fingerprint density at radius 3 is 2.31 bits per heavy atom. The number of rotatable bonds is 22. The molecule has 5 aliphatic rings. The average molecular weight is 1170 g/mol. The van der Waals surface area contributed by atoms with Crippen LogP contribution in [0.15, 0.2) is 47.1 Å². The van der Waals surface area contributed by atoms with E-state index in [9.17, 15) is 48.9 Å². The number of aromatic nitrogens is 4. The Kier molecular flexibility index (Phi) is 19.0. The average Bonchev–Trinajstić information content (AvgIpc) is 3.60. The quantitative estimate of drug-likeness (QED) is 0.0579. The van der Waals surface area contributed by atoms with Crippen molar-refractivity contribution < 1.29 is 53.6 Å². The number of benzene rings is 1. The highest BCUT2D eigenvalue weighted by Crippen LogP contribution is 2.71. The van der Waals surface area contributed by atoms with Gasteiger partial charge in [0.05, 0.1) is 65.9 Å². The molecule has 2 saturated carbocycles. The molecule has 4 amide bonds. The summed E-state index contributed by atoms with van der Waals surface area (Å²) in [6.45, 7) is 24.2. The number of carbonyl (C=O) groups is 7. The number of nitrogens with zero attached hydrogens (tertiary/aromatic N) is 5. The summed E-state index contributed by atoms with van der Waals surface area (Å²) in [5, 5.41) is 51.8. The first-order valence-corrected chi connectivity index (χ1v) is 30.8. The van der Waals surface area contributed by atoms with Crippen LogP contribution in [0.1, 0.15) is 163 Å². The van der Waals surface area contributed by atoms with E-state index in [1.165, 1.54) is 4.90 Å². The highest BCUT2D eigenvalue weighted by atomic mass is 32.1. The van der Waals surface area contributed by atoms with Crippen LogP contribution in [-0.4, -0.2) is 138 Å². The van der Waals surface area contributed by atoms with Crippen LogP contribution in [0.25, 0.3) is 10.4 Å². The lowest BCUT2D eigenvalue weighted by molar-refractivity contribution is -0.146. The van der Waals surface area contributed by atoms with Crippen molar-refractivity contribution >= 4 is 52.3 Å². The number of hydrogen-bond donors (Lipinski definition) is 6. The predicted octanol–water partition coefficient (Wildman–Crippen LogP) is 6.60. The third-order valence-corrected chi connectivity index (χ3v) is 21.1. The number of fused-ring (bicyclic) bond motifs is 4. The van der Waals surface area contributed by atoms with Crippen LogP contribution in [0.2, 0.25) is 0 Å². The minimum Gasteiger partial charge on any atom is -0.392 e. The van der Waals surface area contributed by atoms with Crippen molar-refractivity contribution in [1.82, 2.24) is 40.8 Å². The molecule has 6 N–H and O–H groups in total. The van der Waals surface area contributed by atoms with E-state index >= 15 is 0 Å². The summed E-state index contributed by atoms with van der Waals surface area (Å²) in [7, 11) is 0. The van der Waals surface area contributed by atoms with E-state index in [2.05, 4.69) is 38.2 Å². The fraction of sp³-hybridized carbons (Fsp3) is 0.683. The maximum absolute atomic E-state index is 14.5. The first-order valence-electron chi connectivity index (χ1n) is 29.9. The molecule has 0 radical (unpaired) electrons. The fourth-order valence-corrected chi connectivity index (χ4v) is 15.9. The van der Waals surface area contributed by atoms with Gasteiger partial charge in [0.15, 0.2) is 5.78 Å². The minimum atomic E-state index is -0.967. The molecular weight excluding hydrogens is 1080 g/mol. The monoisotopic (exact) mass is 1170 g/mol. The number of carbonyl (C=O) groups excluding carboxylic acids is 7. The van der Waals surface area contributed by atoms with Crippen LogP contribution in [0, 0.1) is 57.7 Å². The van der Waals surface area contributed by atoms with E-state index in [4.69, 9.17) is 4.74 Å². The number of β-amino-alcohol motifs (C(OH)–C–C–N with tert-alkyl or cyclic N) is 1. The lowest BCUT2D eigenvalue weighted by Crippen LogP contribution is -2.60. The number of aliphatic hydroxyl groups excluding tert-OH is 3. The van der Waals surface area contributed by atoms with Crippen LogP contribution in [0.5, 0.6) is 0 Å². The number of nitrogens with one attached hydrogen (secondary N) is 3. The highest BCUT2D eigenvalue weighted by molar-refractivity contribution is 7.13. The summed E-state index contributed by atoms with van der Waals surface area (Å²) < 4.78 is 7.41. The van der Waals surface area contributed by atoms with Gasteiger partial charge in [-0.2, -0.15) is 0 Å². The molecule has 8 rings (SSSR count). The van der Waals surface area contributed by atoms with Gasteiger partial charge in [-0.25, -0.2) is 9.67 Å². The molecule has 1 saturated heterocycles. The molecule has 83 heavy (non-hydrogen) atoms. The zero-order valence-electron chi connectivity index (χ0n) is 50.8. The number of ketones is 3. The van der Waals surface area contributed by atoms with Gasteiger partial charge in [0, 0.05) is 85.5 Å². The number of amides is 4. The van der Waals surface area contributed by atoms with Gasteiger partial charge in [-0.1, -0.05) is 98.7 Å². The van der Waals surface area contributed by atoms with Crippen LogP contribution < -0.4 is 16.0 Å². The normalized spacial score (nSPS) is 29.1. The van der Waals surface area contributed by atoms with Crippen molar-refractivity contribution in [3.05, 3.63) is 64.1 Å². The van der Waals surface area contributed by atoms with Crippen LogP contribution >= 0.6 is 11.3 Å². The van der Waals surface area contributed by atoms with Crippen molar-refractivity contribution in [2.24, 2.45) is 50.7 Å². The number of hydrogen-bond acceptors (Lipinski definition) is 15. The molecule has 3 aromatic rings. The molecule has 19 nitrogen and oxygen atoms in total. The molecule has 4 aliphatic carbocycles. The number of ether oxygens (including phenoxy) is 1. The maximum atomic E-state index is 14.5. The lowest BCUT2D eigenvalue weighted by atomic mass is 9.42. The fourth-order valence-electron chi connectivity index (χ4n) is 15.1. The van der Waals surface area contributed by atoms with E-state index in [-0.39, 0.29) is 111 Å². The number of thiazole rings is 1. The van der Waals surface area contributed by atoms with E-state index < -0.39 is 69.3 Å². The van der Waals surface area contributed by atoms with Gasteiger partial charge in [-0.15, -0.1) is 16.4 Å². The summed E-state index contributed by atoms with van der Waals surface area (Å²) in [6.07, 6.45) is 2.22. The van der Waals surface area contributed by atoms with Crippen molar-refractivity contribution in [3.63, 3.8) is 0 Å². The Labute approximate surface area is 492 Å². The molecule has 0 unspecified atom stereocenters. The molecule has 454 valence electrons. The first-order chi connectivity index (χ1) is 38.9. The van der Waals surface area contributed by atoms with Gasteiger partial charge < -0.3 is 40.9 Å². The van der Waals surface area contributed by atoms with Crippen molar-refractivity contribution in [3.8, 4) is 10.4 Å². The first kappa shape index (κ1) is 63.5. The number of likely N-dealkylation sites (tertiary alicyclic amines) is 1. The van der Waals surface area contributed by atoms with Crippen LogP contribution in [0.4, 0.5) is 0 Å². The second kappa shape index (κ2) is 24.8. The summed E-state index contributed by atoms with van der Waals surface area (Å²) in [5.41, 5.74) is 3.02. The van der Waals surface area contributed by atoms with Crippen molar-refractivity contribution in [2.75, 3.05) is 26.3 Å². The summed E-state index contributed by atoms with van der Waals surface area (Å²) in [4.78, 5) is 102. The molecule has 13 atom stereocenters. The lowest BCUT2D eigenvalue weighted by Gasteiger charge is -2.61. The zero-order valence-corrected chi connectivity index (χ0v) is 51.6. The van der Waals surface area contributed by atoms with Crippen molar-refractivity contribution in [2.45, 2.75) is 197 Å². The standard InChI is InChI=1S/C63H90N8O11S/c1-35(44-29-50(77)63(12)53-46(74)30-48-60(8,9)49(76)20-21-61(48,10)52(53)47(75)31-62(44,63)11)26-42(72)27-36(2)56(79)64-22-24-82-25-23-70-32-41(68-69-70)14-13-15-51(78)67-55(59(5,6)7)58(81)71-33-43(73)28-45(71)57(80)66-37(3)39-16-18-40(19-17-39)54-38(4)65-34-83-54/h16-19,32,34-37,43-46,48,50,55,73-74,77H,13-15,20-31,33H2,1-12H3,(H,64,79)(H,66,80)(H,67,78)/t35-,36-,37+,43-,44-,45+,46+,48+,50+,55-,61+,62-,63+/m1/s1. The van der Waals surface area contributed by atoms with Crippen LogP contribution in [0.3, 0.4) is 0 Å². The highest BCUT2D eigenvalue weighted by Gasteiger charge is 2.70. The van der Waals surface area contributed by atoms with Gasteiger partial charge in [-0.3, -0.25) is 33.6 Å². The van der Waals surface area contributed by atoms with Crippen LogP contribution in [-0.2, 0) is 51.3 Å². The number of aliphatic hydroxyl groups is 3. The largest absolute Gasteiger partial charge is 0.392 e. The Morgan fingerprint density at radius 2 is 1.64 bits per heavy atom. The van der Waals surface area contributed by atoms with Gasteiger partial charge in [0.1, 0.15) is 23.7 Å². The number of allylic oxidation sites excluding steroid dienone is 1. The Morgan fingerprint density at radius 1 is 0.928 bits per heavy atom. The molecule has 2 aromatic heterocycles. The zero-order chi connectivity index (χ0) is 60.7. The Hall–Kier alpha value is -5.54. The number of aryl methyl sites for hydroxylation is 2. The Balaban J connectivity index is 0.730. The van der Waals surface area contributed by atoms with Gasteiger partial charge in [0.25, 0.3) is 0 Å². The molecule has 3 fully saturated rings. The van der Waals surface area contributed by atoms with Crippen molar-refractivity contribution in [1.29, 1.82) is 0 Å². The van der Waals surface area contributed by atoms with Gasteiger partial charge in [0.2, 0.25) is 23.6 Å². The third kappa shape index (κ3) is 12.7. The molecular formula is C63H90N8O11S. The molecule has 1 aromatic carbocycles. The van der Waals surface area contributed by atoms with Gasteiger partial charge >= 0.3 is 0 Å². The summed E-state index contributed by atoms with van der Waals surface area (Å²) >= 11 is 1.57. The smallest absolute Gasteiger partial charge is 0.246 e. The molecule has 0 bridgehead atoms. The summed E-state index contributed by atoms with van der Waals surface area (Å²) in [5.74, 6) is -2.53. The maximum Gasteiger partial charge on any atom is 0.246 e. The number of Topliss-reactive ketones (excluding diaryl/α,β-unsaturated/α-hetero) is 3. The molecule has 1 aliphatic heterocycles. The Bertz CT molecular complexity index is 2960. The topological polar surface area (TPSA) is 272 Å². The molecule has 0 spiro atoms. The predicted molar refractivity (Wildman–Crippen MR) is 313 cm³/mol. The van der Waals surface area contributed by atoms with Gasteiger partial charge in [-0.05, 0) is 91.2 Å². The van der Waals surface area contributed by atoms with E-state index in [0.717, 1.165) is 21.7 Å². The van der Waals surface area contributed by atoms with E-state index in [0.29, 0.717) is 68.5 Å². The third-order valence-electron chi connectivity index (χ3n) is 20.1. The second-order valence-electron chi connectivity index (χ2n) is 27.2. The van der Waals surface area contributed by atoms with E-state index in [1.54, 1.807) is 29.1 Å². The SMILES string of the molecule is Cc1ncsc1-c1ccc([C@H](C)NC(=O)[C@@H]2C[C@@H](O)CN2C(=O)[C@@H](NC(=O)CCCc2cn(CCOCCNC(=O)[C@H](C)CC(=O)C[C@@H](C)[C@H]3C[C@H](O)[C@@]4(C)C5=C(C(=O)C[C@]34C)[C@@]3(C)CCC(=O)C(C)(C)[C@@H]3C[C@@H]5O)nn2)C(C)(C)C)cc1. The van der Waals surface area contributed by atoms with E-state index in [1.807, 2.05) is 99.0 Å².